The average molecular weight is 319 g/mol. The summed E-state index contributed by atoms with van der Waals surface area (Å²) in [7, 11) is -9.94. The molecule has 2 rings (SSSR count). The number of hydrogen-bond donors (Lipinski definition) is 4. The van der Waals surface area contributed by atoms with Gasteiger partial charge < -0.3 is 0 Å². The monoisotopic (exact) mass is 319 g/mol. The lowest BCUT2D eigenvalue weighted by molar-refractivity contribution is 0.386. The molecule has 0 aliphatic rings. The normalized spacial score (nSPS) is 12.6. The van der Waals surface area contributed by atoms with Crippen molar-refractivity contribution >= 4 is 36.7 Å². The quantitative estimate of drug-likeness (QED) is 0.487. The Balaban J connectivity index is 3.14. The van der Waals surface area contributed by atoms with Crippen LogP contribution in [-0.2, 0) is 20.2 Å². The minimum atomic E-state index is -5.01. The molecule has 4 N–H and O–H groups in total. The lowest BCUT2D eigenvalue weighted by Crippen LogP contribution is -2.12. The molecule has 0 saturated carbocycles. The van der Waals surface area contributed by atoms with Gasteiger partial charge in [-0.25, -0.2) is 0 Å². The molecular formula is C10H9NO7S2. The van der Waals surface area contributed by atoms with Crippen molar-refractivity contribution in [3.63, 3.8) is 0 Å². The number of nitrogens with one attached hydrogen (secondary N) is 1. The topological polar surface area (TPSA) is 141 Å². The molecule has 0 spiro atoms. The van der Waals surface area contributed by atoms with E-state index in [0.717, 1.165) is 6.07 Å². The van der Waals surface area contributed by atoms with Crippen molar-refractivity contribution in [3.8, 4) is 0 Å². The molecule has 0 aliphatic carbocycles. The summed E-state index contributed by atoms with van der Waals surface area (Å²) in [6.45, 7) is 0. The lowest BCUT2D eigenvalue weighted by Gasteiger charge is -2.13. The van der Waals surface area contributed by atoms with Gasteiger partial charge in [0.2, 0.25) is 0 Å². The van der Waals surface area contributed by atoms with Crippen LogP contribution in [0.2, 0.25) is 0 Å². The van der Waals surface area contributed by atoms with Gasteiger partial charge in [-0.3, -0.25) is 19.8 Å². The summed E-state index contributed by atoms with van der Waals surface area (Å²) < 4.78 is 63.5. The number of benzene rings is 2. The van der Waals surface area contributed by atoms with Crippen LogP contribution in [0.15, 0.2) is 40.1 Å². The van der Waals surface area contributed by atoms with E-state index in [4.69, 9.17) is 14.3 Å². The van der Waals surface area contributed by atoms with Crippen LogP contribution in [0.25, 0.3) is 10.8 Å². The zero-order chi connectivity index (χ0) is 15.1. The SMILES string of the molecule is O=S(=O)(O)c1cc2ccccc2c(NO)c1S(=O)(=O)O. The predicted octanol–water partition coefficient (Wildman–Crippen LogP) is 1.13. The van der Waals surface area contributed by atoms with Gasteiger partial charge in [0.25, 0.3) is 20.2 Å². The van der Waals surface area contributed by atoms with Crippen LogP contribution in [0.5, 0.6) is 0 Å². The molecule has 0 unspecified atom stereocenters. The van der Waals surface area contributed by atoms with Crippen LogP contribution in [0.4, 0.5) is 5.69 Å². The summed E-state index contributed by atoms with van der Waals surface area (Å²) in [4.78, 5) is -2.16. The molecule has 2 aromatic rings. The molecule has 10 heteroatoms. The second-order valence-corrected chi connectivity index (χ2v) is 6.61. The Hall–Kier alpha value is -1.72. The molecule has 20 heavy (non-hydrogen) atoms. The Morgan fingerprint density at radius 2 is 1.55 bits per heavy atom. The molecule has 0 heterocycles. The fourth-order valence-corrected chi connectivity index (χ4v) is 3.83. The largest absolute Gasteiger partial charge is 0.298 e. The maximum absolute atomic E-state index is 11.4. The van der Waals surface area contributed by atoms with Crippen molar-refractivity contribution in [2.45, 2.75) is 9.79 Å². The van der Waals surface area contributed by atoms with Crippen molar-refractivity contribution in [2.24, 2.45) is 0 Å². The van der Waals surface area contributed by atoms with Gasteiger partial charge in [-0.1, -0.05) is 24.3 Å². The highest BCUT2D eigenvalue weighted by atomic mass is 32.2. The Bertz CT molecular complexity index is 887. The number of anilines is 1. The summed E-state index contributed by atoms with van der Waals surface area (Å²) in [6.07, 6.45) is 0. The van der Waals surface area contributed by atoms with E-state index in [1.165, 1.54) is 18.2 Å². The molecule has 0 saturated heterocycles. The third-order valence-corrected chi connectivity index (χ3v) is 4.56. The zero-order valence-corrected chi connectivity index (χ0v) is 11.3. The maximum Gasteiger partial charge on any atom is 0.298 e. The molecule has 108 valence electrons. The molecule has 0 bridgehead atoms. The molecule has 0 amide bonds. The summed E-state index contributed by atoms with van der Waals surface area (Å²) in [5.74, 6) is 0. The molecular weight excluding hydrogens is 310 g/mol. The highest BCUT2D eigenvalue weighted by Crippen LogP contribution is 2.35. The van der Waals surface area contributed by atoms with Crippen LogP contribution in [0.1, 0.15) is 0 Å². The first-order valence-corrected chi connectivity index (χ1v) is 7.95. The van der Waals surface area contributed by atoms with Gasteiger partial charge >= 0.3 is 0 Å². The van der Waals surface area contributed by atoms with E-state index in [9.17, 15) is 16.8 Å². The Morgan fingerprint density at radius 1 is 0.950 bits per heavy atom. The average Bonchev–Trinajstić information content (AvgIpc) is 2.34. The van der Waals surface area contributed by atoms with Gasteiger partial charge in [0.15, 0.2) is 0 Å². The highest BCUT2D eigenvalue weighted by Gasteiger charge is 2.29. The van der Waals surface area contributed by atoms with Gasteiger partial charge in [-0.15, -0.1) is 0 Å². The number of hydrogen-bond acceptors (Lipinski definition) is 6. The van der Waals surface area contributed by atoms with E-state index in [1.807, 2.05) is 0 Å². The van der Waals surface area contributed by atoms with E-state index in [-0.39, 0.29) is 10.8 Å². The van der Waals surface area contributed by atoms with Crippen molar-refractivity contribution in [1.82, 2.24) is 0 Å². The first kappa shape index (κ1) is 14.7. The Labute approximate surface area is 114 Å². The van der Waals surface area contributed by atoms with Crippen molar-refractivity contribution in [1.29, 1.82) is 0 Å². The van der Waals surface area contributed by atoms with E-state index in [0.29, 0.717) is 0 Å². The summed E-state index contributed by atoms with van der Waals surface area (Å²) in [6, 6.07) is 6.79. The molecule has 0 atom stereocenters. The van der Waals surface area contributed by atoms with Gasteiger partial charge in [0, 0.05) is 5.39 Å². The summed E-state index contributed by atoms with van der Waals surface area (Å²) >= 11 is 0. The molecule has 2 aromatic carbocycles. The Morgan fingerprint density at radius 3 is 2.05 bits per heavy atom. The minimum Gasteiger partial charge on any atom is -0.291 e. The summed E-state index contributed by atoms with van der Waals surface area (Å²) in [5.41, 5.74) is 1.000. The van der Waals surface area contributed by atoms with Crippen molar-refractivity contribution in [3.05, 3.63) is 30.3 Å². The van der Waals surface area contributed by atoms with Crippen molar-refractivity contribution < 1.29 is 31.1 Å². The molecule has 0 aromatic heterocycles. The molecule has 0 radical (unpaired) electrons. The van der Waals surface area contributed by atoms with Crippen LogP contribution < -0.4 is 5.48 Å². The van der Waals surface area contributed by atoms with Gasteiger partial charge in [0.05, 0.1) is 5.69 Å². The van der Waals surface area contributed by atoms with E-state index in [2.05, 4.69) is 0 Å². The summed E-state index contributed by atoms with van der Waals surface area (Å²) in [5, 5.41) is 9.46. The second kappa shape index (κ2) is 4.68. The van der Waals surface area contributed by atoms with Gasteiger partial charge in [-0.2, -0.15) is 16.8 Å². The zero-order valence-electron chi connectivity index (χ0n) is 9.68. The minimum absolute atomic E-state index is 0.148. The second-order valence-electron chi connectivity index (χ2n) is 3.86. The third kappa shape index (κ3) is 2.46. The first-order chi connectivity index (χ1) is 9.16. The predicted molar refractivity (Wildman–Crippen MR) is 69.0 cm³/mol. The maximum atomic E-state index is 11.4. The highest BCUT2D eigenvalue weighted by molar-refractivity contribution is 7.89. The van der Waals surface area contributed by atoms with Crippen LogP contribution in [0, 0.1) is 0 Å². The lowest BCUT2D eigenvalue weighted by atomic mass is 10.1. The Kier molecular flexibility index (Phi) is 3.44. The molecule has 0 aliphatic heterocycles. The number of rotatable bonds is 3. The molecule has 8 nitrogen and oxygen atoms in total. The van der Waals surface area contributed by atoms with E-state index in [1.54, 1.807) is 11.5 Å². The van der Waals surface area contributed by atoms with Gasteiger partial charge in [0.1, 0.15) is 9.79 Å². The first-order valence-electron chi connectivity index (χ1n) is 5.07. The fourth-order valence-electron chi connectivity index (χ4n) is 1.86. The smallest absolute Gasteiger partial charge is 0.291 e. The third-order valence-electron chi connectivity index (χ3n) is 2.62. The van der Waals surface area contributed by atoms with Crippen LogP contribution >= 0.6 is 0 Å². The molecule has 0 fully saturated rings. The van der Waals surface area contributed by atoms with Crippen molar-refractivity contribution in [2.75, 3.05) is 5.48 Å². The van der Waals surface area contributed by atoms with Crippen LogP contribution in [-0.4, -0.2) is 31.1 Å². The van der Waals surface area contributed by atoms with Crippen LogP contribution in [0.3, 0.4) is 0 Å². The van der Waals surface area contributed by atoms with Gasteiger partial charge in [-0.05, 0) is 11.5 Å². The van der Waals surface area contributed by atoms with E-state index < -0.39 is 35.7 Å². The number of fused-ring (bicyclic) bond motifs is 1. The standard InChI is InChI=1S/C10H9NO7S2/c12-11-9-7-4-2-1-3-6(7)5-8(19(13,14)15)10(9)20(16,17)18/h1-5,11-12H,(H,13,14,15)(H,16,17,18). The van der Waals surface area contributed by atoms with E-state index >= 15 is 0 Å². The fraction of sp³-hybridized carbons (Fsp3) is 0.